The van der Waals surface area contributed by atoms with Gasteiger partial charge in [-0.2, -0.15) is 0 Å². The highest BCUT2D eigenvalue weighted by atomic mass is 16.5. The second-order valence-corrected chi connectivity index (χ2v) is 8.07. The molecule has 6 nitrogen and oxygen atoms in total. The normalized spacial score (nSPS) is 18.3. The Morgan fingerprint density at radius 2 is 1.81 bits per heavy atom. The third-order valence-corrected chi connectivity index (χ3v) is 6.40. The maximum Gasteiger partial charge on any atom is 0.133 e. The van der Waals surface area contributed by atoms with Crippen molar-refractivity contribution in [1.29, 1.82) is 5.41 Å². The summed E-state index contributed by atoms with van der Waals surface area (Å²) in [6.07, 6.45) is 5.24. The van der Waals surface area contributed by atoms with Crippen molar-refractivity contribution in [3.05, 3.63) is 59.3 Å². The topological polar surface area (TPSA) is 108 Å². The van der Waals surface area contributed by atoms with Crippen LogP contribution in [0.2, 0.25) is 0 Å². The number of aromatic nitrogens is 2. The average molecular weight is 416 g/mol. The molecule has 0 spiro atoms. The first-order valence-electron chi connectivity index (χ1n) is 10.9. The lowest BCUT2D eigenvalue weighted by atomic mass is 9.84. The van der Waals surface area contributed by atoms with Crippen molar-refractivity contribution in [2.24, 2.45) is 0 Å². The van der Waals surface area contributed by atoms with Gasteiger partial charge >= 0.3 is 0 Å². The molecule has 160 valence electrons. The Labute approximate surface area is 182 Å². The Kier molecular flexibility index (Phi) is 5.50. The van der Waals surface area contributed by atoms with Crippen LogP contribution in [0.4, 0.5) is 5.82 Å². The predicted octanol–water partition coefficient (Wildman–Crippen LogP) is 5.61. The fourth-order valence-corrected chi connectivity index (χ4v) is 5.15. The van der Waals surface area contributed by atoms with E-state index in [-0.39, 0.29) is 0 Å². The molecule has 0 saturated heterocycles. The van der Waals surface area contributed by atoms with Crippen LogP contribution in [0.1, 0.15) is 74.1 Å². The first-order chi connectivity index (χ1) is 15.0. The number of hydrogen-bond donors (Lipinski definition) is 4. The fraction of sp³-hybridized carbons (Fsp3) is 0.320. The largest absolute Gasteiger partial charge is 0.383 e. The Balaban J connectivity index is 0.00000112. The Bertz CT molecular complexity index is 1180. The smallest absolute Gasteiger partial charge is 0.133 e. The minimum Gasteiger partial charge on any atom is -0.383 e. The molecule has 5 rings (SSSR count). The summed E-state index contributed by atoms with van der Waals surface area (Å²) in [4.78, 5) is 9.34. The fourth-order valence-electron chi connectivity index (χ4n) is 5.15. The highest BCUT2D eigenvalue weighted by Crippen LogP contribution is 2.57. The van der Waals surface area contributed by atoms with E-state index in [9.17, 15) is 0 Å². The van der Waals surface area contributed by atoms with E-state index in [1.165, 1.54) is 24.0 Å². The van der Waals surface area contributed by atoms with E-state index in [0.717, 1.165) is 39.7 Å². The third kappa shape index (κ3) is 3.27. The number of nitrogens with zero attached hydrogens (tertiary/aromatic N) is 2. The van der Waals surface area contributed by atoms with Crippen LogP contribution < -0.4 is 11.2 Å². The van der Waals surface area contributed by atoms with E-state index in [1.54, 1.807) is 13.1 Å². The zero-order valence-corrected chi connectivity index (χ0v) is 18.3. The number of anilines is 1. The Hall–Kier alpha value is -3.25. The molecule has 1 saturated carbocycles. The van der Waals surface area contributed by atoms with Crippen LogP contribution >= 0.6 is 0 Å². The van der Waals surface area contributed by atoms with E-state index in [1.807, 2.05) is 38.1 Å². The maximum atomic E-state index is 9.09. The number of nitrogen functional groups attached to an aromatic ring is 1. The molecule has 2 atom stereocenters. The monoisotopic (exact) mass is 415 g/mol. The quantitative estimate of drug-likeness (QED) is 0.327. The molecular formula is C25H29N5O. The van der Waals surface area contributed by atoms with Crippen LogP contribution in [0.5, 0.6) is 0 Å². The van der Waals surface area contributed by atoms with Crippen LogP contribution in [0.25, 0.3) is 27.9 Å². The summed E-state index contributed by atoms with van der Waals surface area (Å²) in [7, 11) is 0. The number of benzene rings is 1. The second kappa shape index (κ2) is 8.12. The van der Waals surface area contributed by atoms with Gasteiger partial charge in [-0.1, -0.05) is 44.7 Å². The van der Waals surface area contributed by atoms with Crippen molar-refractivity contribution in [1.82, 2.24) is 15.4 Å². The van der Waals surface area contributed by atoms with Crippen LogP contribution in [0, 0.1) is 5.41 Å². The van der Waals surface area contributed by atoms with Crippen LogP contribution in [0.3, 0.4) is 0 Å². The number of nitrogens with one attached hydrogen (secondary N) is 2. The van der Waals surface area contributed by atoms with Crippen molar-refractivity contribution in [2.45, 2.75) is 51.9 Å². The summed E-state index contributed by atoms with van der Waals surface area (Å²) in [5.74, 6) is 1.41. The Morgan fingerprint density at radius 3 is 2.42 bits per heavy atom. The minimum atomic E-state index is 0.406. The molecule has 5 N–H and O–H groups in total. The number of rotatable bonds is 4. The van der Waals surface area contributed by atoms with Crippen molar-refractivity contribution >= 4 is 28.1 Å². The number of pyridine rings is 2. The third-order valence-electron chi connectivity index (χ3n) is 6.40. The van der Waals surface area contributed by atoms with Gasteiger partial charge in [-0.15, -0.1) is 0 Å². The number of hydroxylamine groups is 1. The molecule has 1 fully saturated rings. The lowest BCUT2D eigenvalue weighted by molar-refractivity contribution is 0.225. The van der Waals surface area contributed by atoms with Gasteiger partial charge in [-0.3, -0.25) is 10.7 Å². The van der Waals surface area contributed by atoms with E-state index in [2.05, 4.69) is 17.0 Å². The zero-order valence-electron chi connectivity index (χ0n) is 18.3. The number of hydrogen-bond acceptors (Lipinski definition) is 6. The highest BCUT2D eigenvalue weighted by molar-refractivity contribution is 6.13. The van der Waals surface area contributed by atoms with Gasteiger partial charge in [0.25, 0.3) is 0 Å². The molecule has 2 heterocycles. The highest BCUT2D eigenvalue weighted by Gasteiger charge is 2.41. The van der Waals surface area contributed by atoms with Gasteiger partial charge in [-0.05, 0) is 54.7 Å². The van der Waals surface area contributed by atoms with Crippen LogP contribution in [0.15, 0.2) is 37.0 Å². The van der Waals surface area contributed by atoms with Gasteiger partial charge in [0.2, 0.25) is 0 Å². The van der Waals surface area contributed by atoms with Gasteiger partial charge in [0.1, 0.15) is 5.82 Å². The molecule has 31 heavy (non-hydrogen) atoms. The summed E-state index contributed by atoms with van der Waals surface area (Å²) >= 11 is 0. The van der Waals surface area contributed by atoms with E-state index in [4.69, 9.17) is 21.3 Å². The van der Waals surface area contributed by atoms with Gasteiger partial charge in [0.05, 0.1) is 23.1 Å². The van der Waals surface area contributed by atoms with Crippen molar-refractivity contribution in [3.8, 4) is 11.3 Å². The molecule has 1 aromatic carbocycles. The first-order valence-corrected chi connectivity index (χ1v) is 10.9. The molecule has 2 aromatic heterocycles. The van der Waals surface area contributed by atoms with Crippen LogP contribution in [-0.2, 0) is 0 Å². The average Bonchev–Trinajstić information content (AvgIpc) is 3.42. The lowest BCUT2D eigenvalue weighted by Crippen LogP contribution is -2.10. The molecule has 2 aliphatic rings. The van der Waals surface area contributed by atoms with Crippen molar-refractivity contribution in [3.63, 3.8) is 0 Å². The van der Waals surface area contributed by atoms with Gasteiger partial charge in [0, 0.05) is 22.2 Å². The summed E-state index contributed by atoms with van der Waals surface area (Å²) in [6.45, 7) is 9.56. The second-order valence-electron chi connectivity index (χ2n) is 8.07. The molecular weight excluding hydrogens is 386 g/mol. The number of nitrogens with two attached hydrogens (primary N) is 1. The number of fused-ring (bicyclic) bond motifs is 7. The first kappa shape index (κ1) is 21.0. The summed E-state index contributed by atoms with van der Waals surface area (Å²) in [5.41, 5.74) is 16.2. The Morgan fingerprint density at radius 1 is 1.16 bits per heavy atom. The molecule has 2 aliphatic carbocycles. The standard InChI is InChI=1S/C23H23N5O.C2H6/c1-11(24)18-21-17(10-26-23(18)25)27-22(20-16-8-7-15(9-16)19(20)21)14-5-3-13(4-6-14)12(2)28-29;1-2/h3-6,10,15-16,24,28-29H,2,7-9H2,1H3,(H2,25,26);1-2H3. The molecule has 0 radical (unpaired) electrons. The zero-order chi connectivity index (χ0) is 22.3. The maximum absolute atomic E-state index is 9.09. The van der Waals surface area contributed by atoms with E-state index in [0.29, 0.717) is 29.1 Å². The van der Waals surface area contributed by atoms with Crippen molar-refractivity contribution < 1.29 is 5.21 Å². The van der Waals surface area contributed by atoms with Crippen molar-refractivity contribution in [2.75, 3.05) is 5.73 Å². The SMILES string of the molecule is C=C(NO)c1ccc(-c2nc3cnc(N)c(C(C)=N)c3c3c2C2CCC3C2)cc1.CC. The summed E-state index contributed by atoms with van der Waals surface area (Å²) in [5, 5.41) is 18.4. The summed E-state index contributed by atoms with van der Waals surface area (Å²) in [6, 6.07) is 7.90. The molecule has 6 heteroatoms. The van der Waals surface area contributed by atoms with Gasteiger partial charge in [0.15, 0.2) is 0 Å². The minimum absolute atomic E-state index is 0.406. The van der Waals surface area contributed by atoms with Gasteiger partial charge in [-0.25, -0.2) is 9.97 Å². The molecule has 0 aliphatic heterocycles. The molecule has 2 unspecified atom stereocenters. The molecule has 2 bridgehead atoms. The molecule has 0 amide bonds. The van der Waals surface area contributed by atoms with Gasteiger partial charge < -0.3 is 11.1 Å². The summed E-state index contributed by atoms with van der Waals surface area (Å²) < 4.78 is 0. The van der Waals surface area contributed by atoms with E-state index >= 15 is 0 Å². The van der Waals surface area contributed by atoms with Crippen LogP contribution in [-0.4, -0.2) is 20.9 Å². The predicted molar refractivity (Wildman–Crippen MR) is 127 cm³/mol. The molecule has 3 aromatic rings. The van der Waals surface area contributed by atoms with E-state index < -0.39 is 0 Å². The lowest BCUT2D eigenvalue weighted by Gasteiger charge is -2.23.